The molecule has 0 bridgehead atoms. The van der Waals surface area contributed by atoms with Gasteiger partial charge in [0, 0.05) is 23.5 Å². The second-order valence-electron chi connectivity index (χ2n) is 4.04. The van der Waals surface area contributed by atoms with Gasteiger partial charge in [0.15, 0.2) is 0 Å². The number of fused-ring (bicyclic) bond motifs is 1. The SMILES string of the molecule is NC(=O)c1ccn2cc(-c3ccccc3)nc2c1. The lowest BCUT2D eigenvalue weighted by molar-refractivity contribution is 0.100. The highest BCUT2D eigenvalue weighted by molar-refractivity contribution is 5.93. The number of primary amides is 1. The van der Waals surface area contributed by atoms with Crippen molar-refractivity contribution in [2.45, 2.75) is 0 Å². The summed E-state index contributed by atoms with van der Waals surface area (Å²) >= 11 is 0. The topological polar surface area (TPSA) is 60.4 Å². The molecule has 0 fully saturated rings. The first-order valence-corrected chi connectivity index (χ1v) is 5.58. The number of nitrogens with zero attached hydrogens (tertiary/aromatic N) is 2. The smallest absolute Gasteiger partial charge is 0.248 e. The third kappa shape index (κ3) is 1.73. The van der Waals surface area contributed by atoms with Crippen molar-refractivity contribution in [3.8, 4) is 11.3 Å². The van der Waals surface area contributed by atoms with Gasteiger partial charge in [0.2, 0.25) is 5.91 Å². The molecule has 0 spiro atoms. The largest absolute Gasteiger partial charge is 0.366 e. The zero-order valence-electron chi connectivity index (χ0n) is 9.58. The molecule has 0 saturated carbocycles. The highest BCUT2D eigenvalue weighted by Crippen LogP contribution is 2.19. The molecule has 18 heavy (non-hydrogen) atoms. The molecule has 0 saturated heterocycles. The molecule has 88 valence electrons. The number of pyridine rings is 1. The Hall–Kier alpha value is -2.62. The number of imidazole rings is 1. The quantitative estimate of drug-likeness (QED) is 0.742. The van der Waals surface area contributed by atoms with Crippen LogP contribution in [0.15, 0.2) is 54.9 Å². The number of hydrogen-bond acceptors (Lipinski definition) is 2. The van der Waals surface area contributed by atoms with Crippen molar-refractivity contribution in [3.05, 3.63) is 60.4 Å². The maximum atomic E-state index is 11.1. The van der Waals surface area contributed by atoms with E-state index in [0.29, 0.717) is 11.2 Å². The number of hydrogen-bond donors (Lipinski definition) is 1. The van der Waals surface area contributed by atoms with E-state index in [-0.39, 0.29) is 0 Å². The summed E-state index contributed by atoms with van der Waals surface area (Å²) in [6.07, 6.45) is 3.71. The van der Waals surface area contributed by atoms with Gasteiger partial charge in [-0.15, -0.1) is 0 Å². The van der Waals surface area contributed by atoms with Gasteiger partial charge in [-0.3, -0.25) is 4.79 Å². The standard InChI is InChI=1S/C14H11N3O/c15-14(18)11-6-7-17-9-12(16-13(17)8-11)10-4-2-1-3-5-10/h1-9H,(H2,15,18). The lowest BCUT2D eigenvalue weighted by Gasteiger charge is -1.95. The maximum absolute atomic E-state index is 11.1. The summed E-state index contributed by atoms with van der Waals surface area (Å²) in [5, 5.41) is 0. The summed E-state index contributed by atoms with van der Waals surface area (Å²) in [7, 11) is 0. The molecule has 0 radical (unpaired) electrons. The van der Waals surface area contributed by atoms with E-state index in [1.165, 1.54) is 0 Å². The van der Waals surface area contributed by atoms with Gasteiger partial charge in [0.05, 0.1) is 5.69 Å². The summed E-state index contributed by atoms with van der Waals surface area (Å²) in [6.45, 7) is 0. The Kier molecular flexibility index (Phi) is 2.34. The Balaban J connectivity index is 2.14. The van der Waals surface area contributed by atoms with Crippen molar-refractivity contribution >= 4 is 11.6 Å². The molecular weight excluding hydrogens is 226 g/mol. The zero-order chi connectivity index (χ0) is 12.5. The lowest BCUT2D eigenvalue weighted by atomic mass is 10.2. The zero-order valence-corrected chi connectivity index (χ0v) is 9.58. The lowest BCUT2D eigenvalue weighted by Crippen LogP contribution is -2.10. The molecule has 4 heteroatoms. The van der Waals surface area contributed by atoms with E-state index in [0.717, 1.165) is 11.3 Å². The molecule has 0 atom stereocenters. The van der Waals surface area contributed by atoms with Crippen molar-refractivity contribution in [3.63, 3.8) is 0 Å². The van der Waals surface area contributed by atoms with Gasteiger partial charge < -0.3 is 10.1 Å². The minimum absolute atomic E-state index is 0.443. The van der Waals surface area contributed by atoms with Crippen molar-refractivity contribution in [2.75, 3.05) is 0 Å². The van der Waals surface area contributed by atoms with Gasteiger partial charge in [-0.1, -0.05) is 30.3 Å². The van der Waals surface area contributed by atoms with Crippen LogP contribution < -0.4 is 5.73 Å². The predicted molar refractivity (Wildman–Crippen MR) is 69.1 cm³/mol. The molecule has 2 aromatic heterocycles. The Morgan fingerprint density at radius 2 is 1.94 bits per heavy atom. The van der Waals surface area contributed by atoms with E-state index in [2.05, 4.69) is 4.98 Å². The van der Waals surface area contributed by atoms with E-state index in [9.17, 15) is 4.79 Å². The third-order valence-electron chi connectivity index (χ3n) is 2.81. The number of carbonyl (C=O) groups is 1. The van der Waals surface area contributed by atoms with Crippen LogP contribution in [-0.2, 0) is 0 Å². The number of nitrogens with two attached hydrogens (primary N) is 1. The predicted octanol–water partition coefficient (Wildman–Crippen LogP) is 2.10. The van der Waals surface area contributed by atoms with Crippen LogP contribution in [0.1, 0.15) is 10.4 Å². The fraction of sp³-hybridized carbons (Fsp3) is 0. The van der Waals surface area contributed by atoms with Crippen molar-refractivity contribution in [1.82, 2.24) is 9.38 Å². The third-order valence-corrected chi connectivity index (χ3v) is 2.81. The normalized spacial score (nSPS) is 10.7. The van der Waals surface area contributed by atoms with Gasteiger partial charge >= 0.3 is 0 Å². The van der Waals surface area contributed by atoms with E-state index < -0.39 is 5.91 Å². The second-order valence-corrected chi connectivity index (χ2v) is 4.04. The molecule has 3 aromatic rings. The van der Waals surface area contributed by atoms with Crippen molar-refractivity contribution in [1.29, 1.82) is 0 Å². The van der Waals surface area contributed by atoms with Gasteiger partial charge in [0.1, 0.15) is 5.65 Å². The molecule has 0 aliphatic heterocycles. The average Bonchev–Trinajstić information content (AvgIpc) is 2.82. The molecule has 0 aliphatic carbocycles. The van der Waals surface area contributed by atoms with Crippen LogP contribution in [0.25, 0.3) is 16.9 Å². The Morgan fingerprint density at radius 3 is 2.67 bits per heavy atom. The van der Waals surface area contributed by atoms with Crippen LogP contribution in [0.3, 0.4) is 0 Å². The number of carbonyl (C=O) groups excluding carboxylic acids is 1. The van der Waals surface area contributed by atoms with Gasteiger partial charge in [0.25, 0.3) is 0 Å². The molecule has 4 nitrogen and oxygen atoms in total. The minimum Gasteiger partial charge on any atom is -0.366 e. The van der Waals surface area contributed by atoms with E-state index >= 15 is 0 Å². The number of aromatic nitrogens is 2. The summed E-state index contributed by atoms with van der Waals surface area (Å²) in [5.74, 6) is -0.443. The van der Waals surface area contributed by atoms with Gasteiger partial charge in [-0.2, -0.15) is 0 Å². The molecule has 0 aliphatic rings. The molecule has 1 aromatic carbocycles. The van der Waals surface area contributed by atoms with E-state index in [4.69, 9.17) is 5.73 Å². The molecule has 3 rings (SSSR count). The van der Waals surface area contributed by atoms with E-state index in [1.54, 1.807) is 18.3 Å². The second kappa shape index (κ2) is 4.00. The summed E-state index contributed by atoms with van der Waals surface area (Å²) in [4.78, 5) is 15.6. The molecule has 1 amide bonds. The van der Waals surface area contributed by atoms with Gasteiger partial charge in [-0.05, 0) is 12.1 Å². The number of benzene rings is 1. The highest BCUT2D eigenvalue weighted by Gasteiger charge is 2.06. The summed E-state index contributed by atoms with van der Waals surface area (Å²) < 4.78 is 1.87. The molecule has 2 heterocycles. The van der Waals surface area contributed by atoms with Crippen LogP contribution in [0.4, 0.5) is 0 Å². The Labute approximate surface area is 104 Å². The van der Waals surface area contributed by atoms with Crippen molar-refractivity contribution in [2.24, 2.45) is 5.73 Å². The Bertz CT molecular complexity index is 716. The molecular formula is C14H11N3O. The van der Waals surface area contributed by atoms with Crippen molar-refractivity contribution < 1.29 is 4.79 Å². The fourth-order valence-corrected chi connectivity index (χ4v) is 1.88. The van der Waals surface area contributed by atoms with Crippen LogP contribution >= 0.6 is 0 Å². The first-order chi connectivity index (χ1) is 8.74. The number of amides is 1. The summed E-state index contributed by atoms with van der Waals surface area (Å²) in [5.41, 5.74) is 8.34. The van der Waals surface area contributed by atoms with Crippen LogP contribution in [-0.4, -0.2) is 15.3 Å². The van der Waals surface area contributed by atoms with Crippen LogP contribution in [0, 0.1) is 0 Å². The minimum atomic E-state index is -0.443. The Morgan fingerprint density at radius 1 is 1.17 bits per heavy atom. The first-order valence-electron chi connectivity index (χ1n) is 5.58. The summed E-state index contributed by atoms with van der Waals surface area (Å²) in [6, 6.07) is 13.3. The first kappa shape index (κ1) is 10.5. The van der Waals surface area contributed by atoms with Crippen LogP contribution in [0.2, 0.25) is 0 Å². The molecule has 2 N–H and O–H groups in total. The molecule has 0 unspecified atom stereocenters. The number of rotatable bonds is 2. The average molecular weight is 237 g/mol. The fourth-order valence-electron chi connectivity index (χ4n) is 1.88. The van der Waals surface area contributed by atoms with E-state index in [1.807, 2.05) is 40.9 Å². The van der Waals surface area contributed by atoms with Crippen LogP contribution in [0.5, 0.6) is 0 Å². The monoisotopic (exact) mass is 237 g/mol. The highest BCUT2D eigenvalue weighted by atomic mass is 16.1. The maximum Gasteiger partial charge on any atom is 0.248 e. The van der Waals surface area contributed by atoms with Gasteiger partial charge in [-0.25, -0.2) is 4.98 Å².